The Morgan fingerprint density at radius 1 is 1.22 bits per heavy atom. The van der Waals surface area contributed by atoms with Gasteiger partial charge in [-0.2, -0.15) is 0 Å². The minimum atomic E-state index is 0.750. The maximum atomic E-state index is 5.21. The van der Waals surface area contributed by atoms with Crippen molar-refractivity contribution in [1.29, 1.82) is 0 Å². The minimum Gasteiger partial charge on any atom is -0.329 e. The molecule has 0 atom stereocenters. The maximum Gasteiger partial charge on any atom is 0.00744 e. The minimum absolute atomic E-state index is 0.750. The Hall–Kier alpha value is -0.0800. The van der Waals surface area contributed by atoms with Gasteiger partial charge in [0, 0.05) is 13.1 Å². The zero-order valence-corrected chi connectivity index (χ0v) is 6.91. The zero-order chi connectivity index (χ0) is 7.54. The van der Waals surface area contributed by atoms with Crippen LogP contribution in [0.1, 0.15) is 27.2 Å². The predicted octanol–water partition coefficient (Wildman–Crippen LogP) is 0.971. The summed E-state index contributed by atoms with van der Waals surface area (Å²) in [7, 11) is 0. The summed E-state index contributed by atoms with van der Waals surface area (Å²) in [6, 6.07) is 0. The SMILES string of the molecule is CC.CCCNCCN. The van der Waals surface area contributed by atoms with Crippen LogP contribution in [0.5, 0.6) is 0 Å². The van der Waals surface area contributed by atoms with Crippen molar-refractivity contribution in [3.63, 3.8) is 0 Å². The van der Waals surface area contributed by atoms with Crippen molar-refractivity contribution in [2.24, 2.45) is 5.73 Å². The molecular formula is C7H20N2. The van der Waals surface area contributed by atoms with Crippen molar-refractivity contribution in [2.75, 3.05) is 19.6 Å². The molecule has 0 radical (unpaired) electrons. The van der Waals surface area contributed by atoms with Crippen molar-refractivity contribution in [3.05, 3.63) is 0 Å². The van der Waals surface area contributed by atoms with Crippen LogP contribution < -0.4 is 11.1 Å². The fourth-order valence-electron chi connectivity index (χ4n) is 0.404. The first-order valence-corrected chi connectivity index (χ1v) is 3.82. The summed E-state index contributed by atoms with van der Waals surface area (Å²) in [5.74, 6) is 0. The summed E-state index contributed by atoms with van der Waals surface area (Å²) in [5.41, 5.74) is 5.21. The Kier molecular flexibility index (Phi) is 20.3. The van der Waals surface area contributed by atoms with Gasteiger partial charge in [-0.1, -0.05) is 20.8 Å². The van der Waals surface area contributed by atoms with Gasteiger partial charge in [-0.25, -0.2) is 0 Å². The average molecular weight is 132 g/mol. The number of hydrogen-bond acceptors (Lipinski definition) is 2. The molecule has 9 heavy (non-hydrogen) atoms. The lowest BCUT2D eigenvalue weighted by molar-refractivity contribution is 0.678. The monoisotopic (exact) mass is 132 g/mol. The number of hydrogen-bond donors (Lipinski definition) is 2. The van der Waals surface area contributed by atoms with Gasteiger partial charge < -0.3 is 11.1 Å². The van der Waals surface area contributed by atoms with Gasteiger partial charge in [0.1, 0.15) is 0 Å². The van der Waals surface area contributed by atoms with Gasteiger partial charge in [0.2, 0.25) is 0 Å². The average Bonchev–Trinajstić information content (AvgIpc) is 1.94. The van der Waals surface area contributed by atoms with E-state index in [2.05, 4.69) is 12.2 Å². The molecule has 0 bridgehead atoms. The van der Waals surface area contributed by atoms with Crippen molar-refractivity contribution in [3.8, 4) is 0 Å². The van der Waals surface area contributed by atoms with Crippen LogP contribution in [0.4, 0.5) is 0 Å². The van der Waals surface area contributed by atoms with Crippen molar-refractivity contribution in [2.45, 2.75) is 27.2 Å². The van der Waals surface area contributed by atoms with Crippen molar-refractivity contribution in [1.82, 2.24) is 5.32 Å². The highest BCUT2D eigenvalue weighted by atomic mass is 14.9. The van der Waals surface area contributed by atoms with Gasteiger partial charge in [-0.05, 0) is 13.0 Å². The molecule has 0 saturated heterocycles. The summed E-state index contributed by atoms with van der Waals surface area (Å²) >= 11 is 0. The third-order valence-corrected chi connectivity index (χ3v) is 0.748. The lowest BCUT2D eigenvalue weighted by atomic mass is 10.5. The molecule has 58 valence electrons. The molecule has 2 nitrogen and oxygen atoms in total. The third-order valence-electron chi connectivity index (χ3n) is 0.748. The number of nitrogens with one attached hydrogen (secondary N) is 1. The summed E-state index contributed by atoms with van der Waals surface area (Å²) in [5, 5.41) is 3.16. The Morgan fingerprint density at radius 2 is 1.78 bits per heavy atom. The molecule has 0 fully saturated rings. The molecule has 3 N–H and O–H groups in total. The van der Waals surface area contributed by atoms with Crippen LogP contribution >= 0.6 is 0 Å². The molecule has 0 unspecified atom stereocenters. The Labute approximate surface area is 58.8 Å². The largest absolute Gasteiger partial charge is 0.329 e. The van der Waals surface area contributed by atoms with Gasteiger partial charge in [-0.15, -0.1) is 0 Å². The first kappa shape index (κ1) is 11.7. The van der Waals surface area contributed by atoms with Crippen LogP contribution in [0.15, 0.2) is 0 Å². The van der Waals surface area contributed by atoms with Crippen LogP contribution in [0, 0.1) is 0 Å². The van der Waals surface area contributed by atoms with Crippen LogP contribution in [0.3, 0.4) is 0 Å². The van der Waals surface area contributed by atoms with E-state index >= 15 is 0 Å². The van der Waals surface area contributed by atoms with Gasteiger partial charge in [0.25, 0.3) is 0 Å². The molecule has 0 heterocycles. The molecule has 0 amide bonds. The highest BCUT2D eigenvalue weighted by Crippen LogP contribution is 1.65. The van der Waals surface area contributed by atoms with E-state index in [0.29, 0.717) is 0 Å². The molecule has 0 aromatic carbocycles. The summed E-state index contributed by atoms with van der Waals surface area (Å²) in [4.78, 5) is 0. The quantitative estimate of drug-likeness (QED) is 0.559. The van der Waals surface area contributed by atoms with E-state index in [-0.39, 0.29) is 0 Å². The third kappa shape index (κ3) is 18.1. The maximum absolute atomic E-state index is 5.21. The topological polar surface area (TPSA) is 38.0 Å². The Balaban J connectivity index is 0. The van der Waals surface area contributed by atoms with Gasteiger partial charge in [0.15, 0.2) is 0 Å². The van der Waals surface area contributed by atoms with Crippen molar-refractivity contribution < 1.29 is 0 Å². The first-order valence-electron chi connectivity index (χ1n) is 3.82. The van der Waals surface area contributed by atoms with E-state index in [1.807, 2.05) is 13.8 Å². The fourth-order valence-corrected chi connectivity index (χ4v) is 0.404. The van der Waals surface area contributed by atoms with Crippen LogP contribution in [0.2, 0.25) is 0 Å². The van der Waals surface area contributed by atoms with E-state index in [1.165, 1.54) is 6.42 Å². The molecule has 0 aliphatic heterocycles. The van der Waals surface area contributed by atoms with Crippen molar-refractivity contribution >= 4 is 0 Å². The van der Waals surface area contributed by atoms with E-state index in [9.17, 15) is 0 Å². The molecule has 0 aromatic rings. The number of nitrogens with two attached hydrogens (primary N) is 1. The second kappa shape index (κ2) is 15.7. The highest BCUT2D eigenvalue weighted by molar-refractivity contribution is 4.42. The molecule has 0 aliphatic carbocycles. The molecule has 2 heteroatoms. The van der Waals surface area contributed by atoms with Crippen LogP contribution in [-0.4, -0.2) is 19.6 Å². The molecule has 0 saturated carbocycles. The van der Waals surface area contributed by atoms with Gasteiger partial charge in [0.05, 0.1) is 0 Å². The molecule has 0 aromatic heterocycles. The fraction of sp³-hybridized carbons (Fsp3) is 1.00. The molecular weight excluding hydrogens is 112 g/mol. The molecule has 0 spiro atoms. The second-order valence-electron chi connectivity index (χ2n) is 1.54. The molecule has 0 rings (SSSR count). The van der Waals surface area contributed by atoms with Gasteiger partial charge in [-0.3, -0.25) is 0 Å². The normalized spacial score (nSPS) is 8.00. The Morgan fingerprint density at radius 3 is 2.11 bits per heavy atom. The first-order chi connectivity index (χ1) is 4.41. The second-order valence-corrected chi connectivity index (χ2v) is 1.54. The number of rotatable bonds is 4. The van der Waals surface area contributed by atoms with E-state index in [0.717, 1.165) is 19.6 Å². The van der Waals surface area contributed by atoms with Crippen LogP contribution in [-0.2, 0) is 0 Å². The highest BCUT2D eigenvalue weighted by Gasteiger charge is 1.76. The van der Waals surface area contributed by atoms with E-state index in [4.69, 9.17) is 5.73 Å². The van der Waals surface area contributed by atoms with E-state index < -0.39 is 0 Å². The Bertz CT molecular complexity index is 26.1. The standard InChI is InChI=1S/C5H14N2.C2H6/c1-2-4-7-5-3-6;1-2/h7H,2-6H2,1H3;1-2H3. The smallest absolute Gasteiger partial charge is 0.00744 e. The summed E-state index contributed by atoms with van der Waals surface area (Å²) < 4.78 is 0. The lowest BCUT2D eigenvalue weighted by Gasteiger charge is -1.95. The summed E-state index contributed by atoms with van der Waals surface area (Å²) in [6.45, 7) is 8.94. The van der Waals surface area contributed by atoms with Gasteiger partial charge >= 0.3 is 0 Å². The molecule has 0 aliphatic rings. The summed E-state index contributed by atoms with van der Waals surface area (Å²) in [6.07, 6.45) is 1.19. The predicted molar refractivity (Wildman–Crippen MR) is 43.6 cm³/mol. The zero-order valence-electron chi connectivity index (χ0n) is 6.91. The van der Waals surface area contributed by atoms with E-state index in [1.54, 1.807) is 0 Å². The lowest BCUT2D eigenvalue weighted by Crippen LogP contribution is -2.22. The van der Waals surface area contributed by atoms with Crippen LogP contribution in [0.25, 0.3) is 0 Å².